The van der Waals surface area contributed by atoms with Crippen LogP contribution in [0, 0.1) is 20.8 Å². The second-order valence-electron chi connectivity index (χ2n) is 6.94. The Morgan fingerprint density at radius 3 is 1.23 bits per heavy atom. The smallest absolute Gasteiger partial charge is 0.186 e. The molecule has 0 saturated heterocycles. The van der Waals surface area contributed by atoms with Crippen LogP contribution < -0.4 is 15.9 Å². The maximum absolute atomic E-state index is 13.5. The monoisotopic (exact) mass is 559 g/mol. The van der Waals surface area contributed by atoms with Crippen LogP contribution in [0.25, 0.3) is 0 Å². The second kappa shape index (κ2) is 9.52. The molecule has 0 amide bonds. The summed E-state index contributed by atoms with van der Waals surface area (Å²) in [6.07, 6.45) is 0. The Bertz CT molecular complexity index is 1070. The Balaban J connectivity index is 0.00000341. The second-order valence-corrected chi connectivity index (χ2v) is 11.6. The Hall–Kier alpha value is -1.55. The van der Waals surface area contributed by atoms with Gasteiger partial charge in [0, 0.05) is 20.4 Å². The predicted octanol–water partition coefficient (Wildman–Crippen LogP) is 4.68. The zero-order chi connectivity index (χ0) is 22.2. The summed E-state index contributed by atoms with van der Waals surface area (Å²) in [7, 11) is -9.59. The van der Waals surface area contributed by atoms with Crippen LogP contribution in [0.3, 0.4) is 0 Å². The van der Waals surface area contributed by atoms with Crippen molar-refractivity contribution in [2.24, 2.45) is 0 Å². The first kappa shape index (κ1) is 25.7. The van der Waals surface area contributed by atoms with Gasteiger partial charge in [-0.25, -0.2) is 0 Å². The molecule has 0 saturated carbocycles. The molecular formula is C22H21F3O3PPdS+. The van der Waals surface area contributed by atoms with Crippen molar-refractivity contribution in [3.05, 3.63) is 89.5 Å². The molecule has 0 aliphatic rings. The Kier molecular flexibility index (Phi) is 7.90. The number of hydrogen-bond donors (Lipinski definition) is 0. The maximum Gasteiger partial charge on any atom is 0.526 e. The number of rotatable bonds is 5. The maximum atomic E-state index is 13.5. The fourth-order valence-electron chi connectivity index (χ4n) is 3.45. The standard InChI is InChI=1S/C22H21F3O3PS.Pd/c1-16-10-4-7-13-19(16)29(20-14-8-5-11-17(20)2,21-15-9-6-12-18(21)3)28-30(26,27)22(23,24)25;/h4-15H,1-3H3;/q+1;. The molecule has 3 aromatic carbocycles. The van der Waals surface area contributed by atoms with Gasteiger partial charge < -0.3 is 0 Å². The van der Waals surface area contributed by atoms with Gasteiger partial charge in [0.05, 0.1) is 0 Å². The quantitative estimate of drug-likeness (QED) is 0.259. The van der Waals surface area contributed by atoms with Crippen LogP contribution in [0.15, 0.2) is 72.8 Å². The fraction of sp³-hybridized carbons (Fsp3) is 0.182. The zero-order valence-electron chi connectivity index (χ0n) is 17.0. The van der Waals surface area contributed by atoms with Gasteiger partial charge in [0.25, 0.3) is 7.49 Å². The molecule has 168 valence electrons. The van der Waals surface area contributed by atoms with Crippen molar-refractivity contribution in [2.45, 2.75) is 26.3 Å². The van der Waals surface area contributed by atoms with Crippen molar-refractivity contribution in [2.75, 3.05) is 0 Å². The van der Waals surface area contributed by atoms with Crippen LogP contribution in [0.2, 0.25) is 0 Å². The van der Waals surface area contributed by atoms with Crippen LogP contribution in [0.1, 0.15) is 16.7 Å². The summed E-state index contributed by atoms with van der Waals surface area (Å²) >= 11 is 0. The molecule has 0 aliphatic heterocycles. The van der Waals surface area contributed by atoms with Crippen molar-refractivity contribution in [3.8, 4) is 0 Å². The van der Waals surface area contributed by atoms with Crippen LogP contribution >= 0.6 is 7.49 Å². The molecule has 0 heterocycles. The number of benzene rings is 3. The first-order valence-corrected chi connectivity index (χ1v) is 12.2. The van der Waals surface area contributed by atoms with Crippen LogP contribution in [-0.4, -0.2) is 13.9 Å². The van der Waals surface area contributed by atoms with Gasteiger partial charge in [-0.2, -0.15) is 21.6 Å². The summed E-state index contributed by atoms with van der Waals surface area (Å²) < 4.78 is 70.7. The molecular weight excluding hydrogens is 539 g/mol. The predicted molar refractivity (Wildman–Crippen MR) is 115 cm³/mol. The van der Waals surface area contributed by atoms with Gasteiger partial charge in [-0.05, 0) is 55.7 Å². The molecule has 3 nitrogen and oxygen atoms in total. The summed E-state index contributed by atoms with van der Waals surface area (Å²) in [5.74, 6) is 0. The Labute approximate surface area is 194 Å². The first-order chi connectivity index (χ1) is 14.0. The molecule has 0 fully saturated rings. The van der Waals surface area contributed by atoms with Gasteiger partial charge in [-0.3, -0.25) is 0 Å². The summed E-state index contributed by atoms with van der Waals surface area (Å²) in [4.78, 5) is 0. The van der Waals surface area contributed by atoms with E-state index in [0.29, 0.717) is 32.6 Å². The molecule has 0 N–H and O–H groups in total. The summed E-state index contributed by atoms with van der Waals surface area (Å²) in [5, 5.41) is 1.30. The topological polar surface area (TPSA) is 43.4 Å². The summed E-state index contributed by atoms with van der Waals surface area (Å²) in [6.45, 7) is 5.22. The minimum absolute atomic E-state index is 0. The van der Waals surface area contributed by atoms with Crippen molar-refractivity contribution >= 4 is 33.5 Å². The van der Waals surface area contributed by atoms with Gasteiger partial charge in [0.1, 0.15) is 15.9 Å². The van der Waals surface area contributed by atoms with Crippen LogP contribution in [0.4, 0.5) is 13.2 Å². The van der Waals surface area contributed by atoms with Gasteiger partial charge in [-0.15, -0.1) is 0 Å². The van der Waals surface area contributed by atoms with Crippen molar-refractivity contribution in [1.29, 1.82) is 0 Å². The third-order valence-electron chi connectivity index (χ3n) is 4.86. The molecule has 3 rings (SSSR count). The molecule has 0 unspecified atom stereocenters. The largest absolute Gasteiger partial charge is 0.526 e. The van der Waals surface area contributed by atoms with E-state index in [0.717, 1.165) is 0 Å². The zero-order valence-corrected chi connectivity index (χ0v) is 20.2. The molecule has 0 atom stereocenters. The molecule has 0 aliphatic carbocycles. The van der Waals surface area contributed by atoms with Crippen LogP contribution in [-0.2, 0) is 34.5 Å². The van der Waals surface area contributed by atoms with E-state index in [9.17, 15) is 21.6 Å². The molecule has 3 aromatic rings. The minimum Gasteiger partial charge on any atom is -0.186 e. The summed E-state index contributed by atoms with van der Waals surface area (Å²) in [6, 6.07) is 20.4. The van der Waals surface area contributed by atoms with Gasteiger partial charge in [-0.1, -0.05) is 58.6 Å². The minimum atomic E-state index is -5.90. The van der Waals surface area contributed by atoms with Crippen molar-refractivity contribution in [3.63, 3.8) is 0 Å². The van der Waals surface area contributed by atoms with Crippen LogP contribution in [0.5, 0.6) is 0 Å². The normalized spacial score (nSPS) is 12.3. The van der Waals surface area contributed by atoms with E-state index in [2.05, 4.69) is 0 Å². The van der Waals surface area contributed by atoms with E-state index in [-0.39, 0.29) is 20.4 Å². The Morgan fingerprint density at radius 2 is 0.968 bits per heavy atom. The van der Waals surface area contributed by atoms with E-state index in [4.69, 9.17) is 3.97 Å². The van der Waals surface area contributed by atoms with E-state index in [1.165, 1.54) is 0 Å². The van der Waals surface area contributed by atoms with Crippen molar-refractivity contribution in [1.82, 2.24) is 0 Å². The SMILES string of the molecule is Cc1ccccc1[P+](OS(=O)(=O)C(F)(F)F)(c1ccccc1C)c1ccccc1C.[Pd]. The van der Waals surface area contributed by atoms with E-state index in [1.54, 1.807) is 93.6 Å². The van der Waals surface area contributed by atoms with Gasteiger partial charge in [0.2, 0.25) is 0 Å². The van der Waals surface area contributed by atoms with E-state index >= 15 is 0 Å². The van der Waals surface area contributed by atoms with Gasteiger partial charge in [0.15, 0.2) is 0 Å². The third-order valence-corrected chi connectivity index (χ3v) is 10.6. The fourth-order valence-corrected chi connectivity index (χ4v) is 9.31. The number of alkyl halides is 3. The van der Waals surface area contributed by atoms with E-state index < -0.39 is 23.1 Å². The first-order valence-electron chi connectivity index (χ1n) is 9.11. The number of hydrogen-bond acceptors (Lipinski definition) is 3. The molecule has 0 bridgehead atoms. The number of halogens is 3. The molecule has 31 heavy (non-hydrogen) atoms. The average molecular weight is 560 g/mol. The summed E-state index contributed by atoms with van der Waals surface area (Å²) in [5.41, 5.74) is -3.61. The Morgan fingerprint density at radius 1 is 0.677 bits per heavy atom. The molecule has 0 radical (unpaired) electrons. The molecule has 0 aromatic heterocycles. The number of aryl methyl sites for hydroxylation is 3. The molecule has 0 spiro atoms. The molecule has 9 heteroatoms. The van der Waals surface area contributed by atoms with E-state index in [1.807, 2.05) is 0 Å². The average Bonchev–Trinajstić information content (AvgIpc) is 2.67. The third kappa shape index (κ3) is 4.79. The van der Waals surface area contributed by atoms with Gasteiger partial charge >= 0.3 is 15.6 Å². The van der Waals surface area contributed by atoms with Crippen molar-refractivity contribution < 1.29 is 46.0 Å².